The Morgan fingerprint density at radius 2 is 2.18 bits per heavy atom. The van der Waals surface area contributed by atoms with Crippen molar-refractivity contribution in [3.05, 3.63) is 23.4 Å². The number of halogens is 3. The van der Waals surface area contributed by atoms with Crippen LogP contribution < -0.4 is 4.90 Å². The zero-order valence-electron chi connectivity index (χ0n) is 9.50. The van der Waals surface area contributed by atoms with E-state index in [1.54, 1.807) is 4.90 Å². The predicted molar refractivity (Wildman–Crippen MR) is 68.3 cm³/mol. The molecular weight excluding hydrogens is 290 g/mol. The van der Waals surface area contributed by atoms with E-state index >= 15 is 0 Å². The van der Waals surface area contributed by atoms with Crippen LogP contribution in [0.5, 0.6) is 0 Å². The summed E-state index contributed by atoms with van der Waals surface area (Å²) >= 11 is 3.29. The highest BCUT2D eigenvalue weighted by Crippen LogP contribution is 2.23. The number of pyridine rings is 1. The van der Waals surface area contributed by atoms with Gasteiger partial charge in [-0.15, -0.1) is 0 Å². The first kappa shape index (κ1) is 12.7. The van der Waals surface area contributed by atoms with E-state index in [0.717, 1.165) is 25.0 Å². The van der Waals surface area contributed by atoms with E-state index in [9.17, 15) is 8.78 Å². The minimum absolute atomic E-state index is 0.253. The van der Waals surface area contributed by atoms with Crippen molar-refractivity contribution in [2.24, 2.45) is 0 Å². The van der Waals surface area contributed by atoms with Gasteiger partial charge >= 0.3 is 0 Å². The van der Waals surface area contributed by atoms with Gasteiger partial charge in [0.25, 0.3) is 6.43 Å². The molecule has 0 aromatic carbocycles. The monoisotopic (exact) mass is 304 g/mol. The van der Waals surface area contributed by atoms with Crippen LogP contribution in [0, 0.1) is 0 Å². The molecule has 1 aromatic heterocycles. The molecule has 1 heterocycles. The standard InChI is InChI=1S/C12H15BrF2N2/c13-6-7-17(8-11(14)15)12-5-4-9-2-1-3-10(9)16-12/h4-5,11H,1-3,6-8H2. The van der Waals surface area contributed by atoms with Gasteiger partial charge in [-0.1, -0.05) is 22.0 Å². The molecule has 2 rings (SSSR count). The maximum atomic E-state index is 12.5. The normalized spacial score (nSPS) is 14.1. The molecule has 1 aliphatic carbocycles. The van der Waals surface area contributed by atoms with Gasteiger partial charge in [0.2, 0.25) is 0 Å². The van der Waals surface area contributed by atoms with E-state index < -0.39 is 6.43 Å². The first-order chi connectivity index (χ1) is 8.20. The lowest BCUT2D eigenvalue weighted by Crippen LogP contribution is -2.31. The Morgan fingerprint density at radius 3 is 2.88 bits per heavy atom. The van der Waals surface area contributed by atoms with Crippen LogP contribution in [-0.4, -0.2) is 29.8 Å². The Morgan fingerprint density at radius 1 is 1.35 bits per heavy atom. The smallest absolute Gasteiger partial charge is 0.255 e. The third kappa shape index (κ3) is 3.15. The second-order valence-corrected chi connectivity index (χ2v) is 4.95. The van der Waals surface area contributed by atoms with Crippen molar-refractivity contribution >= 4 is 21.7 Å². The summed E-state index contributed by atoms with van der Waals surface area (Å²) in [5.74, 6) is 0.672. The van der Waals surface area contributed by atoms with Gasteiger partial charge in [-0.2, -0.15) is 0 Å². The fourth-order valence-electron chi connectivity index (χ4n) is 2.15. The van der Waals surface area contributed by atoms with Crippen LogP contribution in [0.15, 0.2) is 12.1 Å². The quantitative estimate of drug-likeness (QED) is 0.777. The van der Waals surface area contributed by atoms with Crippen LogP contribution in [-0.2, 0) is 12.8 Å². The second-order valence-electron chi connectivity index (χ2n) is 4.15. The van der Waals surface area contributed by atoms with E-state index in [1.165, 1.54) is 5.56 Å². The van der Waals surface area contributed by atoms with Crippen LogP contribution in [0.1, 0.15) is 17.7 Å². The van der Waals surface area contributed by atoms with Crippen molar-refractivity contribution in [3.63, 3.8) is 0 Å². The molecule has 0 saturated carbocycles. The van der Waals surface area contributed by atoms with Crippen LogP contribution in [0.2, 0.25) is 0 Å². The van der Waals surface area contributed by atoms with Crippen molar-refractivity contribution in [1.29, 1.82) is 0 Å². The zero-order valence-corrected chi connectivity index (χ0v) is 11.1. The lowest BCUT2D eigenvalue weighted by molar-refractivity contribution is 0.155. The summed E-state index contributed by atoms with van der Waals surface area (Å²) in [5.41, 5.74) is 2.35. The minimum atomic E-state index is -2.33. The van der Waals surface area contributed by atoms with Gasteiger partial charge in [-0.3, -0.25) is 0 Å². The van der Waals surface area contributed by atoms with Gasteiger partial charge < -0.3 is 4.90 Å². The SMILES string of the molecule is FC(F)CN(CCBr)c1ccc2c(n1)CCC2. The van der Waals surface area contributed by atoms with Gasteiger partial charge in [-0.25, -0.2) is 13.8 Å². The molecule has 94 valence electrons. The Balaban J connectivity index is 2.17. The summed E-state index contributed by atoms with van der Waals surface area (Å²) in [4.78, 5) is 6.13. The highest BCUT2D eigenvalue weighted by atomic mass is 79.9. The van der Waals surface area contributed by atoms with Gasteiger partial charge in [0, 0.05) is 17.6 Å². The topological polar surface area (TPSA) is 16.1 Å². The second kappa shape index (κ2) is 5.76. The van der Waals surface area contributed by atoms with Crippen molar-refractivity contribution in [2.75, 3.05) is 23.3 Å². The first-order valence-electron chi connectivity index (χ1n) is 5.78. The number of nitrogens with zero attached hydrogens (tertiary/aromatic N) is 2. The van der Waals surface area contributed by atoms with Crippen molar-refractivity contribution in [1.82, 2.24) is 4.98 Å². The zero-order chi connectivity index (χ0) is 12.3. The van der Waals surface area contributed by atoms with E-state index in [1.807, 2.05) is 12.1 Å². The molecule has 1 aliphatic rings. The fraction of sp³-hybridized carbons (Fsp3) is 0.583. The molecule has 0 radical (unpaired) electrons. The molecule has 5 heteroatoms. The summed E-state index contributed by atoms with van der Waals surface area (Å²) in [7, 11) is 0. The molecule has 0 saturated heterocycles. The summed E-state index contributed by atoms with van der Waals surface area (Å²) in [6.07, 6.45) is 0.832. The number of hydrogen-bond acceptors (Lipinski definition) is 2. The summed E-state index contributed by atoms with van der Waals surface area (Å²) in [6, 6.07) is 3.88. The fourth-order valence-corrected chi connectivity index (χ4v) is 2.58. The van der Waals surface area contributed by atoms with Crippen LogP contribution in [0.3, 0.4) is 0 Å². The van der Waals surface area contributed by atoms with Crippen LogP contribution >= 0.6 is 15.9 Å². The molecular formula is C12H15BrF2N2. The molecule has 0 spiro atoms. The van der Waals surface area contributed by atoms with E-state index in [0.29, 0.717) is 17.7 Å². The average Bonchev–Trinajstić information content (AvgIpc) is 2.74. The summed E-state index contributed by atoms with van der Waals surface area (Å²) in [5, 5.41) is 0.665. The Labute approximate surface area is 108 Å². The Bertz CT molecular complexity index is 385. The molecule has 0 fully saturated rings. The molecule has 0 unspecified atom stereocenters. The van der Waals surface area contributed by atoms with Gasteiger partial charge in [-0.05, 0) is 30.9 Å². The third-order valence-corrected chi connectivity index (χ3v) is 3.30. The lowest BCUT2D eigenvalue weighted by Gasteiger charge is -2.22. The van der Waals surface area contributed by atoms with Crippen LogP contribution in [0.4, 0.5) is 14.6 Å². The number of aromatic nitrogens is 1. The molecule has 0 aliphatic heterocycles. The van der Waals surface area contributed by atoms with Crippen molar-refractivity contribution < 1.29 is 8.78 Å². The van der Waals surface area contributed by atoms with Gasteiger partial charge in [0.05, 0.1) is 6.54 Å². The van der Waals surface area contributed by atoms with E-state index in [4.69, 9.17) is 0 Å². The number of anilines is 1. The average molecular weight is 305 g/mol. The van der Waals surface area contributed by atoms with Crippen molar-refractivity contribution in [2.45, 2.75) is 25.7 Å². The molecule has 1 aromatic rings. The highest BCUT2D eigenvalue weighted by molar-refractivity contribution is 9.09. The molecule has 0 bridgehead atoms. The molecule has 17 heavy (non-hydrogen) atoms. The maximum absolute atomic E-state index is 12.5. The Hall–Kier alpha value is -0.710. The Kier molecular flexibility index (Phi) is 4.31. The van der Waals surface area contributed by atoms with E-state index in [-0.39, 0.29) is 6.54 Å². The summed E-state index contributed by atoms with van der Waals surface area (Å²) in [6.45, 7) is 0.299. The van der Waals surface area contributed by atoms with Gasteiger partial charge in [0.1, 0.15) is 5.82 Å². The predicted octanol–water partition coefficient (Wildman–Crippen LogP) is 3.04. The molecule has 2 nitrogen and oxygen atoms in total. The number of fused-ring (bicyclic) bond motifs is 1. The van der Waals surface area contributed by atoms with Gasteiger partial charge in [0.15, 0.2) is 0 Å². The molecule has 0 amide bonds. The number of rotatable bonds is 5. The van der Waals surface area contributed by atoms with E-state index in [2.05, 4.69) is 20.9 Å². The number of alkyl halides is 3. The first-order valence-corrected chi connectivity index (χ1v) is 6.90. The maximum Gasteiger partial charge on any atom is 0.255 e. The number of aryl methyl sites for hydroxylation is 2. The van der Waals surface area contributed by atoms with Crippen molar-refractivity contribution in [3.8, 4) is 0 Å². The highest BCUT2D eigenvalue weighted by Gasteiger charge is 2.17. The third-order valence-electron chi connectivity index (χ3n) is 2.95. The lowest BCUT2D eigenvalue weighted by atomic mass is 10.2. The molecule has 0 N–H and O–H groups in total. The largest absolute Gasteiger partial charge is 0.350 e. The van der Waals surface area contributed by atoms with Crippen LogP contribution in [0.25, 0.3) is 0 Å². The minimum Gasteiger partial charge on any atom is -0.350 e. The summed E-state index contributed by atoms with van der Waals surface area (Å²) < 4.78 is 25.0. The molecule has 0 atom stereocenters. The number of hydrogen-bond donors (Lipinski definition) is 0.